The summed E-state index contributed by atoms with van der Waals surface area (Å²) in [5.41, 5.74) is 10.9. The zero-order valence-corrected chi connectivity index (χ0v) is 12.7. The van der Waals surface area contributed by atoms with Crippen LogP contribution in [0.1, 0.15) is 34.1 Å². The maximum absolute atomic E-state index is 12.1. The highest BCUT2D eigenvalue weighted by molar-refractivity contribution is 7.16. The molecule has 1 aliphatic rings. The minimum Gasteiger partial charge on any atom is -0.324 e. The molecule has 1 aromatic carbocycles. The van der Waals surface area contributed by atoms with E-state index < -0.39 is 11.8 Å². The van der Waals surface area contributed by atoms with Gasteiger partial charge < -0.3 is 10.3 Å². The number of pyridine rings is 1. The molecule has 0 bridgehead atoms. The normalized spacial score (nSPS) is 20.2. The average Bonchev–Trinajstić information content (AvgIpc) is 2.89. The molecular formula is C17H17N3OS. The number of nitrogens with zero attached hydrogens (tertiary/aromatic N) is 2. The monoisotopic (exact) mass is 314 g/mol. The van der Waals surface area contributed by atoms with Crippen molar-refractivity contribution in [2.75, 3.05) is 0 Å². The summed E-state index contributed by atoms with van der Waals surface area (Å²) < 4.78 is 24.2. The molecule has 1 aliphatic carbocycles. The molecule has 0 saturated carbocycles. The summed E-state index contributed by atoms with van der Waals surface area (Å²) in [6.45, 7) is -2.48. The molecule has 1 atom stereocenters. The second-order valence-corrected chi connectivity index (χ2v) is 6.63. The maximum atomic E-state index is 12.1. The summed E-state index contributed by atoms with van der Waals surface area (Å²) in [4.78, 5) is 16.0. The summed E-state index contributed by atoms with van der Waals surface area (Å²) >= 11 is 0.955. The highest BCUT2D eigenvalue weighted by Crippen LogP contribution is 2.35. The van der Waals surface area contributed by atoms with E-state index in [1.165, 1.54) is 5.56 Å². The molecule has 0 radical (unpaired) electrons. The third-order valence-corrected chi connectivity index (χ3v) is 5.23. The van der Waals surface area contributed by atoms with Crippen LogP contribution in [0.15, 0.2) is 35.4 Å². The van der Waals surface area contributed by atoms with E-state index in [2.05, 4.69) is 4.98 Å². The van der Waals surface area contributed by atoms with Crippen molar-refractivity contribution < 1.29 is 4.11 Å². The van der Waals surface area contributed by atoms with Crippen LogP contribution in [0.2, 0.25) is 0 Å². The van der Waals surface area contributed by atoms with Crippen molar-refractivity contribution >= 4 is 21.6 Å². The van der Waals surface area contributed by atoms with Gasteiger partial charge in [-0.25, -0.2) is 0 Å². The lowest BCUT2D eigenvalue weighted by Crippen LogP contribution is -2.18. The lowest BCUT2D eigenvalue weighted by atomic mass is 9.85. The molecule has 0 fully saturated rings. The van der Waals surface area contributed by atoms with Gasteiger partial charge in [-0.2, -0.15) is 0 Å². The van der Waals surface area contributed by atoms with E-state index in [1.807, 2.05) is 24.5 Å². The van der Waals surface area contributed by atoms with Crippen molar-refractivity contribution in [1.82, 2.24) is 9.55 Å². The van der Waals surface area contributed by atoms with Gasteiger partial charge in [-0.05, 0) is 48.1 Å². The highest BCUT2D eigenvalue weighted by atomic mass is 32.1. The van der Waals surface area contributed by atoms with Gasteiger partial charge >= 0.3 is 4.87 Å². The summed E-state index contributed by atoms with van der Waals surface area (Å²) in [7, 11) is 0. The molecule has 3 aromatic rings. The summed E-state index contributed by atoms with van der Waals surface area (Å²) in [5, 5.41) is 0. The van der Waals surface area contributed by atoms with Crippen molar-refractivity contribution in [3.8, 4) is 11.1 Å². The van der Waals surface area contributed by atoms with Gasteiger partial charge in [-0.1, -0.05) is 17.4 Å². The number of aryl methyl sites for hydroxylation is 1. The van der Waals surface area contributed by atoms with Gasteiger partial charge in [0.2, 0.25) is 0 Å². The molecule has 112 valence electrons. The minimum atomic E-state index is -2.48. The lowest BCUT2D eigenvalue weighted by molar-refractivity contribution is 0.569. The van der Waals surface area contributed by atoms with Gasteiger partial charge in [-0.15, -0.1) is 0 Å². The van der Waals surface area contributed by atoms with Gasteiger partial charge in [-0.3, -0.25) is 9.78 Å². The maximum Gasteiger partial charge on any atom is 0.307 e. The van der Waals surface area contributed by atoms with E-state index >= 15 is 0 Å². The van der Waals surface area contributed by atoms with Crippen molar-refractivity contribution in [1.29, 1.82) is 0 Å². The smallest absolute Gasteiger partial charge is 0.307 e. The second kappa shape index (κ2) is 5.04. The van der Waals surface area contributed by atoms with Crippen LogP contribution in [-0.2, 0) is 13.4 Å². The number of thiazole rings is 1. The Hall–Kier alpha value is -1.98. The van der Waals surface area contributed by atoms with Crippen LogP contribution < -0.4 is 10.6 Å². The predicted octanol–water partition coefficient (Wildman–Crippen LogP) is 3.00. The summed E-state index contributed by atoms with van der Waals surface area (Å²) in [5.74, 6) is 0. The first-order chi connectivity index (χ1) is 11.9. The highest BCUT2D eigenvalue weighted by Gasteiger charge is 2.20. The molecule has 2 N–H and O–H groups in total. The number of fused-ring (bicyclic) bond motifs is 2. The molecule has 0 spiro atoms. The minimum absolute atomic E-state index is 0.00707. The molecule has 22 heavy (non-hydrogen) atoms. The Morgan fingerprint density at radius 1 is 1.45 bits per heavy atom. The third kappa shape index (κ3) is 2.01. The van der Waals surface area contributed by atoms with Crippen molar-refractivity contribution in [2.24, 2.45) is 12.7 Å². The van der Waals surface area contributed by atoms with Crippen molar-refractivity contribution in [3.63, 3.8) is 0 Å². The van der Waals surface area contributed by atoms with Crippen LogP contribution in [0, 0.1) is 0 Å². The van der Waals surface area contributed by atoms with Crippen LogP contribution in [0.5, 0.6) is 0 Å². The first kappa shape index (κ1) is 10.7. The number of benzene rings is 1. The number of hydrogen-bond donors (Lipinski definition) is 1. The van der Waals surface area contributed by atoms with Gasteiger partial charge in [0.05, 0.1) is 10.2 Å². The van der Waals surface area contributed by atoms with Crippen LogP contribution >= 0.6 is 11.3 Å². The fraction of sp³-hybridized carbons (Fsp3) is 0.294. The number of aromatic nitrogens is 2. The number of rotatable bonds is 1. The van der Waals surface area contributed by atoms with E-state index in [0.717, 1.165) is 51.9 Å². The third-order valence-electron chi connectivity index (χ3n) is 4.32. The van der Waals surface area contributed by atoms with Gasteiger partial charge in [0.15, 0.2) is 0 Å². The van der Waals surface area contributed by atoms with Crippen LogP contribution in [-0.4, -0.2) is 9.55 Å². The van der Waals surface area contributed by atoms with E-state index in [9.17, 15) is 4.79 Å². The Morgan fingerprint density at radius 3 is 3.23 bits per heavy atom. The summed E-state index contributed by atoms with van der Waals surface area (Å²) in [6.07, 6.45) is 6.61. The summed E-state index contributed by atoms with van der Waals surface area (Å²) in [6, 6.07) is 5.44. The molecule has 0 aliphatic heterocycles. The molecule has 4 rings (SSSR count). The molecule has 5 heteroatoms. The van der Waals surface area contributed by atoms with Crippen LogP contribution in [0.25, 0.3) is 21.3 Å². The standard InChI is InChI=1S/C17H17N3OS/c1-20-15-6-5-10(7-16(15)22-17(20)21)12-8-19-9-13-11(12)3-2-4-14(13)18/h5-9,14H,2-4,18H2,1H3/t14-/m1/s1/i1D3. The number of nitrogens with two attached hydrogens (primary N) is 1. The number of hydrogen-bond acceptors (Lipinski definition) is 4. The second-order valence-electron chi connectivity index (χ2n) is 5.64. The molecular weight excluding hydrogens is 294 g/mol. The largest absolute Gasteiger partial charge is 0.324 e. The zero-order chi connectivity index (χ0) is 17.8. The Balaban J connectivity index is 1.90. The Kier molecular flexibility index (Phi) is 2.45. The fourth-order valence-corrected chi connectivity index (χ4v) is 4.02. The van der Waals surface area contributed by atoms with E-state index in [-0.39, 0.29) is 6.04 Å². The van der Waals surface area contributed by atoms with E-state index in [4.69, 9.17) is 9.85 Å². The van der Waals surface area contributed by atoms with Crippen molar-refractivity contribution in [3.05, 3.63) is 51.4 Å². The first-order valence-electron chi connectivity index (χ1n) is 8.75. The van der Waals surface area contributed by atoms with Crippen LogP contribution in [0.4, 0.5) is 0 Å². The lowest BCUT2D eigenvalue weighted by Gasteiger charge is -2.24. The molecule has 0 amide bonds. The van der Waals surface area contributed by atoms with Crippen molar-refractivity contribution in [2.45, 2.75) is 25.3 Å². The van der Waals surface area contributed by atoms with Gasteiger partial charge in [0.25, 0.3) is 0 Å². The molecule has 0 saturated heterocycles. The Morgan fingerprint density at radius 2 is 2.36 bits per heavy atom. The zero-order valence-electron chi connectivity index (χ0n) is 14.9. The topological polar surface area (TPSA) is 60.9 Å². The van der Waals surface area contributed by atoms with Gasteiger partial charge in [0.1, 0.15) is 0 Å². The fourth-order valence-electron chi connectivity index (χ4n) is 3.19. The molecule has 2 heterocycles. The average molecular weight is 314 g/mol. The van der Waals surface area contributed by atoms with Crippen LogP contribution in [0.3, 0.4) is 0 Å². The van der Waals surface area contributed by atoms with E-state index in [0.29, 0.717) is 10.2 Å². The predicted molar refractivity (Wildman–Crippen MR) is 90.2 cm³/mol. The molecule has 4 nitrogen and oxygen atoms in total. The Labute approximate surface area is 136 Å². The SMILES string of the molecule is [2H]C([2H])([2H])n1c(=O)sc2cc(-c3cncc4c3CCC[C@H]4N)ccc21. The van der Waals surface area contributed by atoms with E-state index in [1.54, 1.807) is 6.07 Å². The molecule has 0 unspecified atom stereocenters. The Bertz CT molecular complexity index is 1020. The first-order valence-corrected chi connectivity index (χ1v) is 8.07. The van der Waals surface area contributed by atoms with Gasteiger partial charge in [0, 0.05) is 35.1 Å². The molecule has 2 aromatic heterocycles. The quantitative estimate of drug-likeness (QED) is 0.751.